The van der Waals surface area contributed by atoms with Gasteiger partial charge in [-0.2, -0.15) is 0 Å². The number of carbonyl (C=O) groups is 2. The SMILES string of the molecule is C[C@H]1CC(=O)C[C@]12CC[C@@H](CC=O)C2. The van der Waals surface area contributed by atoms with E-state index < -0.39 is 0 Å². The summed E-state index contributed by atoms with van der Waals surface area (Å²) in [7, 11) is 0. The second kappa shape index (κ2) is 3.48. The quantitative estimate of drug-likeness (QED) is 0.632. The molecule has 0 unspecified atom stereocenters. The number of carbonyl (C=O) groups excluding carboxylic acids is 2. The van der Waals surface area contributed by atoms with Crippen LogP contribution >= 0.6 is 0 Å². The molecule has 0 aliphatic heterocycles. The molecule has 1 spiro atoms. The summed E-state index contributed by atoms with van der Waals surface area (Å²) in [6, 6.07) is 0. The van der Waals surface area contributed by atoms with E-state index in [-0.39, 0.29) is 5.41 Å². The van der Waals surface area contributed by atoms with Crippen LogP contribution in [0.4, 0.5) is 0 Å². The van der Waals surface area contributed by atoms with E-state index >= 15 is 0 Å². The first-order chi connectivity index (χ1) is 6.66. The fourth-order valence-electron chi connectivity index (χ4n) is 3.41. The molecule has 2 nitrogen and oxygen atoms in total. The molecule has 14 heavy (non-hydrogen) atoms. The van der Waals surface area contributed by atoms with Crippen molar-refractivity contribution in [2.75, 3.05) is 0 Å². The lowest BCUT2D eigenvalue weighted by Gasteiger charge is -2.27. The molecule has 3 atom stereocenters. The van der Waals surface area contributed by atoms with Gasteiger partial charge in [-0.1, -0.05) is 6.92 Å². The van der Waals surface area contributed by atoms with Crippen LogP contribution in [0.3, 0.4) is 0 Å². The lowest BCUT2D eigenvalue weighted by Crippen LogP contribution is -2.20. The molecule has 0 radical (unpaired) electrons. The van der Waals surface area contributed by atoms with E-state index in [1.807, 2.05) is 0 Å². The highest BCUT2D eigenvalue weighted by molar-refractivity contribution is 5.82. The second-order valence-corrected chi connectivity index (χ2v) is 5.19. The molecule has 2 fully saturated rings. The van der Waals surface area contributed by atoms with Crippen LogP contribution in [-0.2, 0) is 9.59 Å². The summed E-state index contributed by atoms with van der Waals surface area (Å²) < 4.78 is 0. The Morgan fingerprint density at radius 2 is 2.36 bits per heavy atom. The maximum atomic E-state index is 11.4. The monoisotopic (exact) mass is 194 g/mol. The van der Waals surface area contributed by atoms with Gasteiger partial charge < -0.3 is 4.79 Å². The van der Waals surface area contributed by atoms with Crippen LogP contribution in [0.2, 0.25) is 0 Å². The summed E-state index contributed by atoms with van der Waals surface area (Å²) in [6.07, 6.45) is 6.71. The molecule has 2 saturated carbocycles. The summed E-state index contributed by atoms with van der Waals surface area (Å²) in [5.74, 6) is 1.54. The minimum Gasteiger partial charge on any atom is -0.303 e. The van der Waals surface area contributed by atoms with Crippen LogP contribution in [-0.4, -0.2) is 12.1 Å². The number of aldehydes is 1. The minimum atomic E-state index is 0.282. The lowest BCUT2D eigenvalue weighted by molar-refractivity contribution is -0.118. The van der Waals surface area contributed by atoms with Crippen LogP contribution in [0.1, 0.15) is 45.4 Å². The van der Waals surface area contributed by atoms with Crippen LogP contribution in [0.25, 0.3) is 0 Å². The molecule has 0 saturated heterocycles. The first-order valence-corrected chi connectivity index (χ1v) is 5.61. The molecule has 0 amide bonds. The fourth-order valence-corrected chi connectivity index (χ4v) is 3.41. The van der Waals surface area contributed by atoms with Crippen molar-refractivity contribution in [2.45, 2.75) is 45.4 Å². The summed E-state index contributed by atoms with van der Waals surface area (Å²) in [5, 5.41) is 0. The third-order valence-electron chi connectivity index (χ3n) is 4.30. The smallest absolute Gasteiger partial charge is 0.133 e. The maximum absolute atomic E-state index is 11.4. The van der Waals surface area contributed by atoms with Gasteiger partial charge in [0.05, 0.1) is 0 Å². The molecular weight excluding hydrogens is 176 g/mol. The Hall–Kier alpha value is -0.660. The molecule has 2 heteroatoms. The predicted molar refractivity (Wildman–Crippen MR) is 53.9 cm³/mol. The predicted octanol–water partition coefficient (Wildman–Crippen LogP) is 2.36. The Morgan fingerprint density at radius 1 is 1.57 bits per heavy atom. The molecular formula is C12H18O2. The van der Waals surface area contributed by atoms with E-state index in [0.29, 0.717) is 24.0 Å². The fraction of sp³-hybridized carbons (Fsp3) is 0.833. The summed E-state index contributed by atoms with van der Waals surface area (Å²) in [6.45, 7) is 2.20. The van der Waals surface area contributed by atoms with E-state index in [0.717, 1.165) is 32.0 Å². The van der Waals surface area contributed by atoms with E-state index in [2.05, 4.69) is 6.92 Å². The molecule has 0 heterocycles. The molecule has 0 bridgehead atoms. The number of hydrogen-bond donors (Lipinski definition) is 0. The highest BCUT2D eigenvalue weighted by Crippen LogP contribution is 2.55. The average molecular weight is 194 g/mol. The van der Waals surface area contributed by atoms with Gasteiger partial charge in [-0.15, -0.1) is 0 Å². The van der Waals surface area contributed by atoms with Crippen molar-refractivity contribution < 1.29 is 9.59 Å². The normalized spacial score (nSPS) is 42.2. The highest BCUT2D eigenvalue weighted by Gasteiger charge is 2.48. The Balaban J connectivity index is 2.05. The van der Waals surface area contributed by atoms with Crippen molar-refractivity contribution in [3.8, 4) is 0 Å². The standard InChI is InChI=1S/C12H18O2/c1-9-6-11(14)8-12(9)4-2-10(7-12)3-5-13/h5,9-10H,2-4,6-8H2,1H3/t9-,10-,12+/m0/s1. The average Bonchev–Trinajstić information content (AvgIpc) is 2.61. The van der Waals surface area contributed by atoms with E-state index in [9.17, 15) is 9.59 Å². The van der Waals surface area contributed by atoms with Crippen molar-refractivity contribution >= 4 is 12.1 Å². The van der Waals surface area contributed by atoms with E-state index in [4.69, 9.17) is 0 Å². The molecule has 0 N–H and O–H groups in total. The van der Waals surface area contributed by atoms with E-state index in [1.54, 1.807) is 0 Å². The van der Waals surface area contributed by atoms with Gasteiger partial charge in [0.1, 0.15) is 12.1 Å². The zero-order valence-electron chi connectivity index (χ0n) is 8.79. The lowest BCUT2D eigenvalue weighted by atomic mass is 9.76. The Labute approximate surface area is 85.1 Å². The summed E-state index contributed by atoms with van der Waals surface area (Å²) in [4.78, 5) is 21.9. The second-order valence-electron chi connectivity index (χ2n) is 5.19. The van der Waals surface area contributed by atoms with Crippen molar-refractivity contribution in [3.05, 3.63) is 0 Å². The molecule has 0 aromatic rings. The van der Waals surface area contributed by atoms with Gasteiger partial charge in [-0.3, -0.25) is 4.79 Å². The third kappa shape index (κ3) is 1.51. The topological polar surface area (TPSA) is 34.1 Å². The summed E-state index contributed by atoms with van der Waals surface area (Å²) >= 11 is 0. The van der Waals surface area contributed by atoms with Gasteiger partial charge in [-0.25, -0.2) is 0 Å². The molecule has 2 aliphatic carbocycles. The van der Waals surface area contributed by atoms with Crippen LogP contribution in [0.15, 0.2) is 0 Å². The van der Waals surface area contributed by atoms with Gasteiger partial charge in [-0.05, 0) is 36.5 Å². The van der Waals surface area contributed by atoms with Crippen molar-refractivity contribution in [2.24, 2.45) is 17.3 Å². The maximum Gasteiger partial charge on any atom is 0.133 e. The van der Waals surface area contributed by atoms with Crippen molar-refractivity contribution in [1.82, 2.24) is 0 Å². The highest BCUT2D eigenvalue weighted by atomic mass is 16.1. The number of Topliss-reactive ketones (excluding diaryl/α,β-unsaturated/α-hetero) is 1. The Morgan fingerprint density at radius 3 is 2.93 bits per heavy atom. The van der Waals surface area contributed by atoms with Crippen LogP contribution in [0, 0.1) is 17.3 Å². The van der Waals surface area contributed by atoms with Gasteiger partial charge >= 0.3 is 0 Å². The largest absolute Gasteiger partial charge is 0.303 e. The first kappa shape index (κ1) is 9.88. The van der Waals surface area contributed by atoms with Gasteiger partial charge in [0.2, 0.25) is 0 Å². The molecule has 2 aliphatic rings. The zero-order valence-corrected chi connectivity index (χ0v) is 8.79. The molecule has 0 aromatic heterocycles. The van der Waals surface area contributed by atoms with Crippen molar-refractivity contribution in [3.63, 3.8) is 0 Å². The molecule has 0 aromatic carbocycles. The van der Waals surface area contributed by atoms with Crippen LogP contribution in [0.5, 0.6) is 0 Å². The molecule has 78 valence electrons. The number of hydrogen-bond acceptors (Lipinski definition) is 2. The number of ketones is 1. The van der Waals surface area contributed by atoms with Gasteiger partial charge in [0.25, 0.3) is 0 Å². The number of rotatable bonds is 2. The van der Waals surface area contributed by atoms with Gasteiger partial charge in [0, 0.05) is 19.3 Å². The summed E-state index contributed by atoms with van der Waals surface area (Å²) in [5.41, 5.74) is 0.282. The molecule has 2 rings (SSSR count). The van der Waals surface area contributed by atoms with E-state index in [1.165, 1.54) is 6.42 Å². The Kier molecular flexibility index (Phi) is 2.46. The zero-order chi connectivity index (χ0) is 10.2. The third-order valence-corrected chi connectivity index (χ3v) is 4.30. The first-order valence-electron chi connectivity index (χ1n) is 5.61. The Bertz CT molecular complexity index is 259. The minimum absolute atomic E-state index is 0.282. The van der Waals surface area contributed by atoms with Crippen molar-refractivity contribution in [1.29, 1.82) is 0 Å². The van der Waals surface area contributed by atoms with Gasteiger partial charge in [0.15, 0.2) is 0 Å². The van der Waals surface area contributed by atoms with Crippen LogP contribution < -0.4 is 0 Å².